The predicted octanol–water partition coefficient (Wildman–Crippen LogP) is 1.68. The van der Waals surface area contributed by atoms with Crippen molar-refractivity contribution in [1.82, 2.24) is 0 Å². The van der Waals surface area contributed by atoms with Crippen molar-refractivity contribution in [3.63, 3.8) is 0 Å². The molecule has 3 heteroatoms. The van der Waals surface area contributed by atoms with Gasteiger partial charge in [0.1, 0.15) is 5.71 Å². The number of nitrogens with zero attached hydrogens (tertiary/aromatic N) is 1. The molecule has 0 aromatic heterocycles. The van der Waals surface area contributed by atoms with Crippen LogP contribution >= 0.6 is 0 Å². The second kappa shape index (κ2) is 5.29. The van der Waals surface area contributed by atoms with Gasteiger partial charge in [-0.05, 0) is 18.9 Å². The van der Waals surface area contributed by atoms with Crippen LogP contribution in [0.2, 0.25) is 0 Å². The molecule has 0 atom stereocenters. The Morgan fingerprint density at radius 3 is 2.60 bits per heavy atom. The fourth-order valence-corrected chi connectivity index (χ4v) is 1.36. The van der Waals surface area contributed by atoms with Crippen LogP contribution in [0.5, 0.6) is 0 Å². The summed E-state index contributed by atoms with van der Waals surface area (Å²) in [5, 5.41) is 0. The van der Waals surface area contributed by atoms with Crippen molar-refractivity contribution >= 4 is 11.6 Å². The Morgan fingerprint density at radius 1 is 1.40 bits per heavy atom. The molecule has 3 nitrogen and oxygen atoms in total. The number of carbonyl (C=O) groups is 1. The molecule has 0 radical (unpaired) electrons. The first-order chi connectivity index (χ1) is 7.16. The van der Waals surface area contributed by atoms with Crippen molar-refractivity contribution in [2.75, 3.05) is 6.54 Å². The molecule has 0 aliphatic rings. The van der Waals surface area contributed by atoms with Crippen molar-refractivity contribution in [2.45, 2.75) is 20.3 Å². The van der Waals surface area contributed by atoms with Crippen LogP contribution in [0, 0.1) is 6.92 Å². The van der Waals surface area contributed by atoms with E-state index >= 15 is 0 Å². The zero-order chi connectivity index (χ0) is 11.3. The predicted molar refractivity (Wildman–Crippen MR) is 62.1 cm³/mol. The molecule has 0 heterocycles. The monoisotopic (exact) mass is 204 g/mol. The highest BCUT2D eigenvalue weighted by Crippen LogP contribution is 2.08. The Hall–Kier alpha value is -1.64. The Kier molecular flexibility index (Phi) is 4.03. The number of hydrogen-bond acceptors (Lipinski definition) is 2. The van der Waals surface area contributed by atoms with Crippen LogP contribution in [0.15, 0.2) is 29.3 Å². The molecule has 0 fully saturated rings. The molecule has 1 amide bonds. The molecule has 0 saturated carbocycles. The van der Waals surface area contributed by atoms with Gasteiger partial charge < -0.3 is 5.73 Å². The Labute approximate surface area is 90.0 Å². The van der Waals surface area contributed by atoms with Crippen LogP contribution in [0.4, 0.5) is 0 Å². The van der Waals surface area contributed by atoms with Crippen molar-refractivity contribution in [3.05, 3.63) is 35.4 Å². The standard InChI is InChI=1S/C12H16N2O/c1-3-8-14-11(12(13)15)10-7-5-4-6-9(10)2/h4-7H,3,8H2,1-2H3,(H2,13,15). The second-order valence-electron chi connectivity index (χ2n) is 3.41. The van der Waals surface area contributed by atoms with Crippen molar-refractivity contribution in [2.24, 2.45) is 10.7 Å². The highest BCUT2D eigenvalue weighted by Gasteiger charge is 2.11. The second-order valence-corrected chi connectivity index (χ2v) is 3.41. The fraction of sp³-hybridized carbons (Fsp3) is 0.333. The molecule has 0 aliphatic carbocycles. The van der Waals surface area contributed by atoms with E-state index in [4.69, 9.17) is 5.73 Å². The van der Waals surface area contributed by atoms with Gasteiger partial charge in [-0.2, -0.15) is 0 Å². The maximum atomic E-state index is 11.2. The first-order valence-corrected chi connectivity index (χ1v) is 5.07. The molecule has 0 aliphatic heterocycles. The Bertz CT molecular complexity index is 383. The number of benzene rings is 1. The number of primary amides is 1. The minimum Gasteiger partial charge on any atom is -0.364 e. The SMILES string of the molecule is CCCN=C(C(N)=O)c1ccccc1C. The molecule has 1 aromatic carbocycles. The van der Waals surface area contributed by atoms with Crippen LogP contribution in [-0.2, 0) is 4.79 Å². The third-order valence-corrected chi connectivity index (χ3v) is 2.13. The van der Waals surface area contributed by atoms with Gasteiger partial charge in [0.25, 0.3) is 5.91 Å². The summed E-state index contributed by atoms with van der Waals surface area (Å²) < 4.78 is 0. The summed E-state index contributed by atoms with van der Waals surface area (Å²) in [5.41, 5.74) is 7.54. The Morgan fingerprint density at radius 2 is 2.07 bits per heavy atom. The first-order valence-electron chi connectivity index (χ1n) is 5.07. The van der Waals surface area contributed by atoms with Crippen LogP contribution in [-0.4, -0.2) is 18.2 Å². The van der Waals surface area contributed by atoms with Gasteiger partial charge >= 0.3 is 0 Å². The lowest BCUT2D eigenvalue weighted by atomic mass is 10.0. The number of nitrogens with two attached hydrogens (primary N) is 1. The Balaban J connectivity index is 3.10. The van der Waals surface area contributed by atoms with Gasteiger partial charge in [-0.15, -0.1) is 0 Å². The maximum absolute atomic E-state index is 11.2. The third kappa shape index (κ3) is 2.91. The van der Waals surface area contributed by atoms with E-state index in [1.54, 1.807) is 0 Å². The van der Waals surface area contributed by atoms with E-state index in [-0.39, 0.29) is 0 Å². The average Bonchev–Trinajstić information content (AvgIpc) is 2.20. The third-order valence-electron chi connectivity index (χ3n) is 2.13. The average molecular weight is 204 g/mol. The molecule has 80 valence electrons. The molecule has 0 spiro atoms. The lowest BCUT2D eigenvalue weighted by Crippen LogP contribution is -2.25. The van der Waals surface area contributed by atoms with Crippen LogP contribution in [0.25, 0.3) is 0 Å². The smallest absolute Gasteiger partial charge is 0.267 e. The lowest BCUT2D eigenvalue weighted by Gasteiger charge is -2.05. The van der Waals surface area contributed by atoms with Crippen molar-refractivity contribution < 1.29 is 4.79 Å². The molecular weight excluding hydrogens is 188 g/mol. The zero-order valence-corrected chi connectivity index (χ0v) is 9.16. The summed E-state index contributed by atoms with van der Waals surface area (Å²) in [6, 6.07) is 7.62. The highest BCUT2D eigenvalue weighted by molar-refractivity contribution is 6.45. The van der Waals surface area contributed by atoms with E-state index in [2.05, 4.69) is 4.99 Å². The molecule has 2 N–H and O–H groups in total. The fourth-order valence-electron chi connectivity index (χ4n) is 1.36. The summed E-state index contributed by atoms with van der Waals surface area (Å²) in [6.07, 6.45) is 0.905. The molecule has 15 heavy (non-hydrogen) atoms. The van der Waals surface area contributed by atoms with Gasteiger partial charge in [0.15, 0.2) is 0 Å². The largest absolute Gasteiger partial charge is 0.364 e. The van der Waals surface area contributed by atoms with Crippen molar-refractivity contribution in [3.8, 4) is 0 Å². The normalized spacial score (nSPS) is 11.5. The van der Waals surface area contributed by atoms with Gasteiger partial charge in [-0.1, -0.05) is 31.2 Å². The summed E-state index contributed by atoms with van der Waals surface area (Å²) in [5.74, 6) is -0.460. The van der Waals surface area contributed by atoms with E-state index in [9.17, 15) is 4.79 Å². The highest BCUT2D eigenvalue weighted by atomic mass is 16.1. The topological polar surface area (TPSA) is 55.4 Å². The van der Waals surface area contributed by atoms with Gasteiger partial charge in [0, 0.05) is 12.1 Å². The number of rotatable bonds is 4. The van der Waals surface area contributed by atoms with Gasteiger partial charge in [-0.3, -0.25) is 9.79 Å². The number of hydrogen-bond donors (Lipinski definition) is 1. The van der Waals surface area contributed by atoms with Crippen LogP contribution in [0.1, 0.15) is 24.5 Å². The molecule has 0 saturated heterocycles. The number of carbonyl (C=O) groups excluding carboxylic acids is 1. The van der Waals surface area contributed by atoms with E-state index < -0.39 is 5.91 Å². The van der Waals surface area contributed by atoms with Crippen LogP contribution in [0.3, 0.4) is 0 Å². The van der Waals surface area contributed by atoms with Crippen LogP contribution < -0.4 is 5.73 Å². The van der Waals surface area contributed by atoms with Gasteiger partial charge in [0.2, 0.25) is 0 Å². The molecule has 1 aromatic rings. The van der Waals surface area contributed by atoms with Gasteiger partial charge in [0.05, 0.1) is 0 Å². The summed E-state index contributed by atoms with van der Waals surface area (Å²) >= 11 is 0. The van der Waals surface area contributed by atoms with Gasteiger partial charge in [-0.25, -0.2) is 0 Å². The zero-order valence-electron chi connectivity index (χ0n) is 9.16. The quantitative estimate of drug-likeness (QED) is 0.745. The minimum atomic E-state index is -0.460. The van der Waals surface area contributed by atoms with E-state index in [0.717, 1.165) is 17.5 Å². The molecule has 0 unspecified atom stereocenters. The molecule has 1 rings (SSSR count). The summed E-state index contributed by atoms with van der Waals surface area (Å²) in [6.45, 7) is 4.59. The maximum Gasteiger partial charge on any atom is 0.267 e. The first kappa shape index (κ1) is 11.4. The number of aliphatic imine (C=N–C) groups is 1. The number of amides is 1. The number of aryl methyl sites for hydroxylation is 1. The van der Waals surface area contributed by atoms with Crippen molar-refractivity contribution in [1.29, 1.82) is 0 Å². The lowest BCUT2D eigenvalue weighted by molar-refractivity contribution is -0.111. The molecule has 0 bridgehead atoms. The van der Waals surface area contributed by atoms with E-state index in [1.807, 2.05) is 38.1 Å². The minimum absolute atomic E-state index is 0.384. The van der Waals surface area contributed by atoms with E-state index in [1.165, 1.54) is 0 Å². The summed E-state index contributed by atoms with van der Waals surface area (Å²) in [4.78, 5) is 15.5. The molecular formula is C12H16N2O. The van der Waals surface area contributed by atoms with E-state index in [0.29, 0.717) is 12.3 Å². The summed E-state index contributed by atoms with van der Waals surface area (Å²) in [7, 11) is 0.